The van der Waals surface area contributed by atoms with E-state index in [0.717, 1.165) is 17.0 Å². The summed E-state index contributed by atoms with van der Waals surface area (Å²) in [7, 11) is 0. The second-order valence-corrected chi connectivity index (χ2v) is 3.80. The van der Waals surface area contributed by atoms with E-state index in [2.05, 4.69) is 0 Å². The highest BCUT2D eigenvalue weighted by atomic mass is 19.3. The summed E-state index contributed by atoms with van der Waals surface area (Å²) in [6.07, 6.45) is -0.246. The lowest BCUT2D eigenvalue weighted by molar-refractivity contribution is 0.0945. The number of anilines is 1. The summed E-state index contributed by atoms with van der Waals surface area (Å²) >= 11 is 0. The standard InChI is InChI=1S/C13H10F3NO2/c14-10-1-3-11(4-2-10)17(7-12(15)16)13(18)9-5-6-19-8-9/h1-6,8,12H,7H2. The Morgan fingerprint density at radius 1 is 1.21 bits per heavy atom. The summed E-state index contributed by atoms with van der Waals surface area (Å²) < 4.78 is 42.7. The Balaban J connectivity index is 2.30. The number of rotatable bonds is 4. The van der Waals surface area contributed by atoms with Crippen molar-refractivity contribution in [2.75, 3.05) is 11.4 Å². The van der Waals surface area contributed by atoms with Crippen molar-refractivity contribution in [3.63, 3.8) is 0 Å². The monoisotopic (exact) mass is 269 g/mol. The van der Waals surface area contributed by atoms with Crippen molar-refractivity contribution >= 4 is 11.6 Å². The molecule has 6 heteroatoms. The van der Waals surface area contributed by atoms with E-state index in [-0.39, 0.29) is 11.3 Å². The van der Waals surface area contributed by atoms with Gasteiger partial charge in [0.1, 0.15) is 12.1 Å². The summed E-state index contributed by atoms with van der Waals surface area (Å²) in [5, 5.41) is 0. The minimum absolute atomic E-state index is 0.157. The third kappa shape index (κ3) is 3.15. The molecule has 0 spiro atoms. The van der Waals surface area contributed by atoms with E-state index in [4.69, 9.17) is 4.42 Å². The van der Waals surface area contributed by atoms with E-state index >= 15 is 0 Å². The molecule has 1 aromatic carbocycles. The quantitative estimate of drug-likeness (QED) is 0.853. The Labute approximate surface area is 107 Å². The van der Waals surface area contributed by atoms with E-state index in [1.807, 2.05) is 0 Å². The van der Waals surface area contributed by atoms with Gasteiger partial charge in [-0.1, -0.05) is 0 Å². The van der Waals surface area contributed by atoms with Crippen LogP contribution in [0.3, 0.4) is 0 Å². The normalized spacial score (nSPS) is 10.7. The van der Waals surface area contributed by atoms with Crippen LogP contribution in [0.5, 0.6) is 0 Å². The zero-order valence-corrected chi connectivity index (χ0v) is 9.72. The van der Waals surface area contributed by atoms with E-state index in [1.54, 1.807) is 0 Å². The highest BCUT2D eigenvalue weighted by Crippen LogP contribution is 2.19. The molecule has 0 bridgehead atoms. The van der Waals surface area contributed by atoms with Gasteiger partial charge in [-0.2, -0.15) is 0 Å². The highest BCUT2D eigenvalue weighted by Gasteiger charge is 2.22. The van der Waals surface area contributed by atoms with Crippen LogP contribution in [0.15, 0.2) is 47.3 Å². The van der Waals surface area contributed by atoms with Gasteiger partial charge in [0.2, 0.25) is 0 Å². The molecule has 0 atom stereocenters. The number of hydrogen-bond donors (Lipinski definition) is 0. The van der Waals surface area contributed by atoms with Crippen molar-refractivity contribution in [3.8, 4) is 0 Å². The number of benzene rings is 1. The first kappa shape index (κ1) is 13.2. The third-order valence-electron chi connectivity index (χ3n) is 2.47. The molecule has 1 aromatic heterocycles. The van der Waals surface area contributed by atoms with E-state index < -0.39 is 24.7 Å². The Morgan fingerprint density at radius 3 is 2.42 bits per heavy atom. The Kier molecular flexibility index (Phi) is 3.89. The van der Waals surface area contributed by atoms with Gasteiger partial charge in [0.25, 0.3) is 12.3 Å². The number of hydrogen-bond acceptors (Lipinski definition) is 2. The summed E-state index contributed by atoms with van der Waals surface area (Å²) in [5.41, 5.74) is 0.359. The Hall–Kier alpha value is -2.24. The molecule has 0 unspecified atom stereocenters. The molecule has 0 aliphatic rings. The van der Waals surface area contributed by atoms with Gasteiger partial charge < -0.3 is 9.32 Å². The van der Waals surface area contributed by atoms with Gasteiger partial charge in [-0.25, -0.2) is 13.2 Å². The van der Waals surface area contributed by atoms with Gasteiger partial charge in [-0.3, -0.25) is 4.79 Å². The smallest absolute Gasteiger partial charge is 0.261 e. The van der Waals surface area contributed by atoms with Gasteiger partial charge >= 0.3 is 0 Å². The maximum absolute atomic E-state index is 12.8. The zero-order valence-electron chi connectivity index (χ0n) is 9.72. The lowest BCUT2D eigenvalue weighted by Crippen LogP contribution is -2.34. The van der Waals surface area contributed by atoms with E-state index in [1.165, 1.54) is 30.7 Å². The van der Waals surface area contributed by atoms with Gasteiger partial charge in [0.05, 0.1) is 18.4 Å². The van der Waals surface area contributed by atoms with Crippen LogP contribution in [0.25, 0.3) is 0 Å². The molecule has 0 N–H and O–H groups in total. The molecule has 1 heterocycles. The fraction of sp³-hybridized carbons (Fsp3) is 0.154. The van der Waals surface area contributed by atoms with Crippen molar-refractivity contribution in [1.82, 2.24) is 0 Å². The summed E-state index contributed by atoms with van der Waals surface area (Å²) in [6.45, 7) is -0.768. The number of carbonyl (C=O) groups excluding carboxylic acids is 1. The second kappa shape index (κ2) is 5.60. The first-order valence-electron chi connectivity index (χ1n) is 5.45. The average Bonchev–Trinajstić information content (AvgIpc) is 2.90. The van der Waals surface area contributed by atoms with Crippen molar-refractivity contribution in [2.45, 2.75) is 6.43 Å². The van der Waals surface area contributed by atoms with Crippen LogP contribution in [0.1, 0.15) is 10.4 Å². The highest BCUT2D eigenvalue weighted by molar-refractivity contribution is 6.05. The van der Waals surface area contributed by atoms with E-state index in [0.29, 0.717) is 0 Å². The maximum atomic E-state index is 12.8. The van der Waals surface area contributed by atoms with Gasteiger partial charge in [0.15, 0.2) is 0 Å². The molecular formula is C13H10F3NO2. The first-order valence-corrected chi connectivity index (χ1v) is 5.45. The molecule has 0 aliphatic heterocycles. The van der Waals surface area contributed by atoms with Crippen LogP contribution in [0.4, 0.5) is 18.9 Å². The van der Waals surface area contributed by atoms with Crippen molar-refractivity contribution < 1.29 is 22.4 Å². The maximum Gasteiger partial charge on any atom is 0.261 e. The molecule has 2 rings (SSSR count). The molecule has 1 amide bonds. The second-order valence-electron chi connectivity index (χ2n) is 3.80. The molecule has 0 radical (unpaired) electrons. The molecule has 0 saturated heterocycles. The zero-order chi connectivity index (χ0) is 13.8. The topological polar surface area (TPSA) is 33.5 Å². The number of nitrogens with zero attached hydrogens (tertiary/aromatic N) is 1. The lowest BCUT2D eigenvalue weighted by Gasteiger charge is -2.21. The number of alkyl halides is 2. The number of halogens is 3. The van der Waals surface area contributed by atoms with Crippen LogP contribution in [-0.2, 0) is 0 Å². The predicted molar refractivity (Wildman–Crippen MR) is 62.8 cm³/mol. The third-order valence-corrected chi connectivity index (χ3v) is 2.47. The molecule has 0 aliphatic carbocycles. The first-order chi connectivity index (χ1) is 9.08. The fourth-order valence-corrected chi connectivity index (χ4v) is 1.61. The lowest BCUT2D eigenvalue weighted by atomic mass is 10.2. The van der Waals surface area contributed by atoms with Crippen LogP contribution in [0, 0.1) is 5.82 Å². The number of amides is 1. The van der Waals surface area contributed by atoms with Crippen molar-refractivity contribution in [2.24, 2.45) is 0 Å². The molecule has 2 aromatic rings. The van der Waals surface area contributed by atoms with Crippen LogP contribution in [0.2, 0.25) is 0 Å². The molecule has 0 fully saturated rings. The van der Waals surface area contributed by atoms with Crippen LogP contribution < -0.4 is 4.90 Å². The molecule has 19 heavy (non-hydrogen) atoms. The average molecular weight is 269 g/mol. The molecule has 0 saturated carbocycles. The summed E-state index contributed by atoms with van der Waals surface area (Å²) in [5.74, 6) is -1.13. The van der Waals surface area contributed by atoms with Gasteiger partial charge in [0, 0.05) is 5.69 Å². The minimum atomic E-state index is -2.69. The minimum Gasteiger partial charge on any atom is -0.472 e. The Morgan fingerprint density at radius 2 is 1.89 bits per heavy atom. The van der Waals surface area contributed by atoms with Crippen molar-refractivity contribution in [1.29, 1.82) is 0 Å². The molecule has 3 nitrogen and oxygen atoms in total. The number of carbonyl (C=O) groups is 1. The predicted octanol–water partition coefficient (Wildman–Crippen LogP) is 3.33. The number of furan rings is 1. The summed E-state index contributed by atoms with van der Waals surface area (Å²) in [6, 6.07) is 6.14. The van der Waals surface area contributed by atoms with Gasteiger partial charge in [-0.15, -0.1) is 0 Å². The van der Waals surface area contributed by atoms with Crippen molar-refractivity contribution in [3.05, 3.63) is 54.2 Å². The largest absolute Gasteiger partial charge is 0.472 e. The SMILES string of the molecule is O=C(c1ccoc1)N(CC(F)F)c1ccc(F)cc1. The fourth-order valence-electron chi connectivity index (χ4n) is 1.61. The summed E-state index contributed by atoms with van der Waals surface area (Å²) in [4.78, 5) is 12.9. The van der Waals surface area contributed by atoms with Crippen LogP contribution in [-0.4, -0.2) is 18.9 Å². The van der Waals surface area contributed by atoms with Crippen LogP contribution >= 0.6 is 0 Å². The van der Waals surface area contributed by atoms with Gasteiger partial charge in [-0.05, 0) is 30.3 Å². The molecule has 100 valence electrons. The molecular weight excluding hydrogens is 259 g/mol. The Bertz CT molecular complexity index is 538. The van der Waals surface area contributed by atoms with E-state index in [9.17, 15) is 18.0 Å².